The SMILES string of the molecule is CCCCOc1ccc(OC)cc1NC(=O)CC1CSCCN1.Cl. The Morgan fingerprint density at radius 3 is 2.96 bits per heavy atom. The van der Waals surface area contributed by atoms with Crippen molar-refractivity contribution in [2.24, 2.45) is 0 Å². The number of rotatable bonds is 8. The zero-order chi connectivity index (χ0) is 16.5. The van der Waals surface area contributed by atoms with Crippen molar-refractivity contribution < 1.29 is 14.3 Å². The van der Waals surface area contributed by atoms with E-state index in [2.05, 4.69) is 17.6 Å². The largest absolute Gasteiger partial charge is 0.497 e. The second-order valence-electron chi connectivity index (χ2n) is 5.54. The van der Waals surface area contributed by atoms with Crippen molar-refractivity contribution in [2.75, 3.05) is 37.1 Å². The summed E-state index contributed by atoms with van der Waals surface area (Å²) in [6.45, 7) is 3.73. The van der Waals surface area contributed by atoms with Crippen LogP contribution in [0.1, 0.15) is 26.2 Å². The van der Waals surface area contributed by atoms with Gasteiger partial charge in [-0.1, -0.05) is 13.3 Å². The molecule has 1 aromatic rings. The first kappa shape index (κ1) is 20.9. The van der Waals surface area contributed by atoms with Crippen molar-refractivity contribution in [1.29, 1.82) is 0 Å². The van der Waals surface area contributed by atoms with Gasteiger partial charge in [-0.25, -0.2) is 0 Å². The molecular formula is C17H27ClN2O3S. The first-order valence-electron chi connectivity index (χ1n) is 8.14. The fraction of sp³-hybridized carbons (Fsp3) is 0.588. The monoisotopic (exact) mass is 374 g/mol. The highest BCUT2D eigenvalue weighted by Crippen LogP contribution is 2.29. The van der Waals surface area contributed by atoms with E-state index < -0.39 is 0 Å². The van der Waals surface area contributed by atoms with Crippen LogP contribution in [0.4, 0.5) is 5.69 Å². The van der Waals surface area contributed by atoms with Crippen molar-refractivity contribution in [3.05, 3.63) is 18.2 Å². The number of benzene rings is 1. The van der Waals surface area contributed by atoms with Gasteiger partial charge in [0.1, 0.15) is 11.5 Å². The molecule has 1 fully saturated rings. The first-order valence-corrected chi connectivity index (χ1v) is 9.30. The topological polar surface area (TPSA) is 59.6 Å². The van der Waals surface area contributed by atoms with Crippen LogP contribution in [0.5, 0.6) is 11.5 Å². The molecule has 0 aromatic heterocycles. The average Bonchev–Trinajstić information content (AvgIpc) is 2.57. The Morgan fingerprint density at radius 1 is 1.46 bits per heavy atom. The lowest BCUT2D eigenvalue weighted by molar-refractivity contribution is -0.116. The molecule has 1 aliphatic heterocycles. The molecule has 0 aliphatic carbocycles. The van der Waals surface area contributed by atoms with Gasteiger partial charge in [0.15, 0.2) is 0 Å². The van der Waals surface area contributed by atoms with Crippen LogP contribution in [-0.2, 0) is 4.79 Å². The lowest BCUT2D eigenvalue weighted by Crippen LogP contribution is -2.39. The number of halogens is 1. The van der Waals surface area contributed by atoms with Crippen molar-refractivity contribution in [2.45, 2.75) is 32.2 Å². The fourth-order valence-electron chi connectivity index (χ4n) is 2.36. The van der Waals surface area contributed by atoms with E-state index in [0.29, 0.717) is 30.2 Å². The standard InChI is InChI=1S/C17H26N2O3S.ClH/c1-3-4-8-22-16-6-5-14(21-2)11-15(16)19-17(20)10-13-12-23-9-7-18-13;/h5-6,11,13,18H,3-4,7-10,12H2,1-2H3,(H,19,20);1H. The number of carbonyl (C=O) groups is 1. The maximum atomic E-state index is 12.3. The van der Waals surface area contributed by atoms with E-state index in [1.54, 1.807) is 7.11 Å². The molecular weight excluding hydrogens is 348 g/mol. The Bertz CT molecular complexity index is 511. The van der Waals surface area contributed by atoms with Crippen molar-refractivity contribution >= 4 is 35.8 Å². The van der Waals surface area contributed by atoms with Gasteiger partial charge in [-0.3, -0.25) is 4.79 Å². The highest BCUT2D eigenvalue weighted by molar-refractivity contribution is 7.99. The van der Waals surface area contributed by atoms with E-state index in [9.17, 15) is 4.79 Å². The number of amides is 1. The third-order valence-electron chi connectivity index (χ3n) is 3.65. The van der Waals surface area contributed by atoms with Crippen molar-refractivity contribution in [1.82, 2.24) is 5.32 Å². The van der Waals surface area contributed by atoms with Gasteiger partial charge >= 0.3 is 0 Å². The van der Waals surface area contributed by atoms with E-state index in [-0.39, 0.29) is 24.4 Å². The summed E-state index contributed by atoms with van der Waals surface area (Å²) in [5.74, 6) is 3.49. The molecule has 1 atom stereocenters. The molecule has 1 heterocycles. The Morgan fingerprint density at radius 2 is 2.29 bits per heavy atom. The quantitative estimate of drug-likeness (QED) is 0.683. The molecule has 1 aliphatic rings. The molecule has 0 radical (unpaired) electrons. The van der Waals surface area contributed by atoms with Gasteiger partial charge in [0.2, 0.25) is 5.91 Å². The van der Waals surface area contributed by atoms with Gasteiger partial charge < -0.3 is 20.1 Å². The van der Waals surface area contributed by atoms with E-state index in [1.165, 1.54) is 0 Å². The number of carbonyl (C=O) groups excluding carboxylic acids is 1. The molecule has 1 unspecified atom stereocenters. The lowest BCUT2D eigenvalue weighted by Gasteiger charge is -2.22. The highest BCUT2D eigenvalue weighted by atomic mass is 35.5. The number of unbranched alkanes of at least 4 members (excludes halogenated alkanes) is 1. The number of methoxy groups -OCH3 is 1. The van der Waals surface area contributed by atoms with Crippen LogP contribution in [0.25, 0.3) is 0 Å². The molecule has 7 heteroatoms. The molecule has 0 saturated carbocycles. The van der Waals surface area contributed by atoms with E-state index in [1.807, 2.05) is 30.0 Å². The maximum Gasteiger partial charge on any atom is 0.226 e. The number of anilines is 1. The van der Waals surface area contributed by atoms with Gasteiger partial charge in [0.25, 0.3) is 0 Å². The minimum absolute atomic E-state index is 0. The minimum atomic E-state index is -0.00130. The number of hydrogen-bond donors (Lipinski definition) is 2. The predicted octanol–water partition coefficient (Wildman–Crippen LogP) is 3.33. The third-order valence-corrected chi connectivity index (χ3v) is 4.78. The van der Waals surface area contributed by atoms with E-state index in [4.69, 9.17) is 9.47 Å². The average molecular weight is 375 g/mol. The van der Waals surface area contributed by atoms with Gasteiger partial charge in [0.05, 0.1) is 19.4 Å². The number of ether oxygens (including phenoxy) is 2. The molecule has 1 saturated heterocycles. The van der Waals surface area contributed by atoms with Gasteiger partial charge in [-0.05, 0) is 18.6 Å². The summed E-state index contributed by atoms with van der Waals surface area (Å²) in [6, 6.07) is 5.74. The highest BCUT2D eigenvalue weighted by Gasteiger charge is 2.18. The Hall–Kier alpha value is -1.11. The molecule has 2 N–H and O–H groups in total. The Balaban J connectivity index is 0.00000288. The summed E-state index contributed by atoms with van der Waals surface area (Å²) in [5, 5.41) is 6.34. The van der Waals surface area contributed by atoms with Gasteiger partial charge in [-0.2, -0.15) is 11.8 Å². The predicted molar refractivity (Wildman–Crippen MR) is 103 cm³/mol. The molecule has 2 rings (SSSR count). The summed E-state index contributed by atoms with van der Waals surface area (Å²) >= 11 is 1.89. The van der Waals surface area contributed by atoms with Crippen LogP contribution >= 0.6 is 24.2 Å². The van der Waals surface area contributed by atoms with Crippen LogP contribution in [0.3, 0.4) is 0 Å². The summed E-state index contributed by atoms with van der Waals surface area (Å²) in [4.78, 5) is 12.3. The summed E-state index contributed by atoms with van der Waals surface area (Å²) in [7, 11) is 1.61. The molecule has 0 bridgehead atoms. The maximum absolute atomic E-state index is 12.3. The molecule has 5 nitrogen and oxygen atoms in total. The minimum Gasteiger partial charge on any atom is -0.497 e. The number of nitrogens with one attached hydrogen (secondary N) is 2. The summed E-state index contributed by atoms with van der Waals surface area (Å²) in [5.41, 5.74) is 0.675. The zero-order valence-corrected chi connectivity index (χ0v) is 15.9. The van der Waals surface area contributed by atoms with Crippen LogP contribution in [0.15, 0.2) is 18.2 Å². The van der Waals surface area contributed by atoms with E-state index >= 15 is 0 Å². The summed E-state index contributed by atoms with van der Waals surface area (Å²) in [6.07, 6.45) is 2.53. The Kier molecular flexibility index (Phi) is 9.98. The third kappa shape index (κ3) is 6.79. The van der Waals surface area contributed by atoms with Crippen LogP contribution in [0, 0.1) is 0 Å². The Labute approximate surface area is 154 Å². The molecule has 1 amide bonds. The lowest BCUT2D eigenvalue weighted by atomic mass is 10.2. The molecule has 136 valence electrons. The zero-order valence-electron chi connectivity index (χ0n) is 14.3. The van der Waals surface area contributed by atoms with Crippen LogP contribution < -0.4 is 20.1 Å². The van der Waals surface area contributed by atoms with E-state index in [0.717, 1.165) is 30.9 Å². The number of thioether (sulfide) groups is 1. The smallest absolute Gasteiger partial charge is 0.226 e. The number of hydrogen-bond acceptors (Lipinski definition) is 5. The first-order chi connectivity index (χ1) is 11.2. The van der Waals surface area contributed by atoms with Crippen molar-refractivity contribution in [3.63, 3.8) is 0 Å². The molecule has 1 aromatic carbocycles. The van der Waals surface area contributed by atoms with Gasteiger partial charge in [0, 0.05) is 36.6 Å². The normalized spacial score (nSPS) is 16.8. The summed E-state index contributed by atoms with van der Waals surface area (Å²) < 4.78 is 11.0. The van der Waals surface area contributed by atoms with Crippen molar-refractivity contribution in [3.8, 4) is 11.5 Å². The second kappa shape index (κ2) is 11.4. The molecule has 24 heavy (non-hydrogen) atoms. The van der Waals surface area contributed by atoms with Crippen LogP contribution in [0.2, 0.25) is 0 Å². The van der Waals surface area contributed by atoms with Gasteiger partial charge in [-0.15, -0.1) is 12.4 Å². The fourth-order valence-corrected chi connectivity index (χ4v) is 3.31. The van der Waals surface area contributed by atoms with Crippen LogP contribution in [-0.4, -0.2) is 43.7 Å². The second-order valence-corrected chi connectivity index (χ2v) is 6.69. The molecule has 0 spiro atoms.